The predicted octanol–water partition coefficient (Wildman–Crippen LogP) is 4.41. The second kappa shape index (κ2) is 9.12. The van der Waals surface area contributed by atoms with Gasteiger partial charge >= 0.3 is 0 Å². The fourth-order valence-electron chi connectivity index (χ4n) is 5.38. The molecule has 0 radical (unpaired) electrons. The first-order chi connectivity index (χ1) is 16.0. The third-order valence-electron chi connectivity index (χ3n) is 7.19. The lowest BCUT2D eigenvalue weighted by molar-refractivity contribution is 0.0289. The normalized spacial score (nSPS) is 17.9. The molecule has 5 rings (SSSR count). The Morgan fingerprint density at radius 1 is 1.09 bits per heavy atom. The fourth-order valence-corrected chi connectivity index (χ4v) is 6.59. The summed E-state index contributed by atoms with van der Waals surface area (Å²) in [5.74, 6) is 0. The highest BCUT2D eigenvalue weighted by Gasteiger charge is 2.30. The standard InChI is InChI=1S/C26H33N3O3S/c1-3-14-29-25-10-9-21(27(2)33(30,31)22-7-5-4-6-8-22)18-23(25)24-19-28(15-11-26(24)29)20-12-16-32-17-13-20/h4-10,18,20H,3,11-17,19H2,1-2H3. The van der Waals surface area contributed by atoms with Crippen LogP contribution in [0.4, 0.5) is 5.69 Å². The minimum absolute atomic E-state index is 0.309. The van der Waals surface area contributed by atoms with Crippen molar-refractivity contribution in [3.05, 3.63) is 59.8 Å². The quantitative estimate of drug-likeness (QED) is 0.539. The van der Waals surface area contributed by atoms with Gasteiger partial charge in [0.15, 0.2) is 0 Å². The predicted molar refractivity (Wildman–Crippen MR) is 132 cm³/mol. The molecule has 0 amide bonds. The molecule has 176 valence electrons. The summed E-state index contributed by atoms with van der Waals surface area (Å²) < 4.78 is 35.9. The topological polar surface area (TPSA) is 54.8 Å². The van der Waals surface area contributed by atoms with Gasteiger partial charge in [-0.1, -0.05) is 25.1 Å². The van der Waals surface area contributed by atoms with Crippen LogP contribution in [0.2, 0.25) is 0 Å². The van der Waals surface area contributed by atoms with E-state index in [1.165, 1.54) is 26.5 Å². The van der Waals surface area contributed by atoms with Crippen LogP contribution >= 0.6 is 0 Å². The Labute approximate surface area is 196 Å². The number of fused-ring (bicyclic) bond motifs is 3. The molecule has 6 nitrogen and oxygen atoms in total. The molecule has 2 aliphatic rings. The maximum atomic E-state index is 13.2. The Kier molecular flexibility index (Phi) is 6.20. The summed E-state index contributed by atoms with van der Waals surface area (Å²) in [7, 11) is -1.96. The third-order valence-corrected chi connectivity index (χ3v) is 8.99. The number of rotatable bonds is 6. The zero-order chi connectivity index (χ0) is 23.0. The van der Waals surface area contributed by atoms with E-state index < -0.39 is 10.0 Å². The first kappa shape index (κ1) is 22.4. The minimum atomic E-state index is -3.61. The lowest BCUT2D eigenvalue weighted by Gasteiger charge is -2.37. The van der Waals surface area contributed by atoms with Crippen LogP contribution in [-0.2, 0) is 34.3 Å². The van der Waals surface area contributed by atoms with Gasteiger partial charge < -0.3 is 9.30 Å². The molecule has 3 heterocycles. The highest BCUT2D eigenvalue weighted by atomic mass is 32.2. The van der Waals surface area contributed by atoms with Gasteiger partial charge in [-0.3, -0.25) is 9.21 Å². The van der Waals surface area contributed by atoms with Gasteiger partial charge in [0.25, 0.3) is 10.0 Å². The van der Waals surface area contributed by atoms with E-state index in [1.54, 1.807) is 31.3 Å². The van der Waals surface area contributed by atoms with Crippen LogP contribution < -0.4 is 4.31 Å². The number of hydrogen-bond donors (Lipinski definition) is 0. The zero-order valence-corrected chi connectivity index (χ0v) is 20.4. The van der Waals surface area contributed by atoms with E-state index in [4.69, 9.17) is 4.74 Å². The Hall–Kier alpha value is -2.35. The molecule has 1 fully saturated rings. The zero-order valence-electron chi connectivity index (χ0n) is 19.5. The van der Waals surface area contributed by atoms with E-state index in [2.05, 4.69) is 28.5 Å². The van der Waals surface area contributed by atoms with Crippen molar-refractivity contribution in [2.75, 3.05) is 31.1 Å². The summed E-state index contributed by atoms with van der Waals surface area (Å²) in [6.45, 7) is 6.89. The van der Waals surface area contributed by atoms with Crippen molar-refractivity contribution in [2.24, 2.45) is 0 Å². The van der Waals surface area contributed by atoms with Gasteiger partial charge in [-0.15, -0.1) is 0 Å². The minimum Gasteiger partial charge on any atom is -0.381 e. The molecule has 33 heavy (non-hydrogen) atoms. The van der Waals surface area contributed by atoms with Crippen molar-refractivity contribution in [1.82, 2.24) is 9.47 Å². The van der Waals surface area contributed by atoms with Gasteiger partial charge in [0.2, 0.25) is 0 Å². The summed E-state index contributed by atoms with van der Waals surface area (Å²) >= 11 is 0. The van der Waals surface area contributed by atoms with Crippen LogP contribution in [-0.4, -0.2) is 50.7 Å². The Morgan fingerprint density at radius 2 is 1.85 bits per heavy atom. The number of hydrogen-bond acceptors (Lipinski definition) is 4. The first-order valence-electron chi connectivity index (χ1n) is 12.0. The molecule has 0 unspecified atom stereocenters. The molecule has 0 spiro atoms. The molecule has 1 aromatic heterocycles. The second-order valence-corrected chi connectivity index (χ2v) is 11.1. The van der Waals surface area contributed by atoms with Gasteiger partial charge in [0.1, 0.15) is 0 Å². The van der Waals surface area contributed by atoms with Gasteiger partial charge in [-0.25, -0.2) is 8.42 Å². The van der Waals surface area contributed by atoms with Crippen LogP contribution in [0.3, 0.4) is 0 Å². The van der Waals surface area contributed by atoms with Gasteiger partial charge in [-0.05, 0) is 55.2 Å². The number of nitrogens with zero attached hydrogens (tertiary/aromatic N) is 3. The molecule has 2 aliphatic heterocycles. The maximum Gasteiger partial charge on any atom is 0.264 e. The Morgan fingerprint density at radius 3 is 2.58 bits per heavy atom. The van der Waals surface area contributed by atoms with E-state index in [0.29, 0.717) is 16.6 Å². The SMILES string of the molecule is CCCn1c2c(c3cc(N(C)S(=O)(=O)c4ccccc4)ccc31)CN(C1CCOCC1)CC2. The van der Waals surface area contributed by atoms with Gasteiger partial charge in [0.05, 0.1) is 10.6 Å². The lowest BCUT2D eigenvalue weighted by atomic mass is 9.99. The Bertz CT molecular complexity index is 1230. The highest BCUT2D eigenvalue weighted by Crippen LogP contribution is 2.36. The number of sulfonamides is 1. The Balaban J connectivity index is 1.55. The molecule has 0 bridgehead atoms. The van der Waals surface area contributed by atoms with E-state index in [9.17, 15) is 8.42 Å². The van der Waals surface area contributed by atoms with Crippen molar-refractivity contribution < 1.29 is 13.2 Å². The summed E-state index contributed by atoms with van der Waals surface area (Å²) in [5, 5.41) is 1.18. The molecule has 1 saturated heterocycles. The molecule has 7 heteroatoms. The number of anilines is 1. The summed E-state index contributed by atoms with van der Waals surface area (Å²) in [6.07, 6.45) is 4.29. The maximum absolute atomic E-state index is 13.2. The third kappa shape index (κ3) is 4.07. The second-order valence-electron chi connectivity index (χ2n) is 9.13. The van der Waals surface area contributed by atoms with E-state index >= 15 is 0 Å². The largest absolute Gasteiger partial charge is 0.381 e. The van der Waals surface area contributed by atoms with Gasteiger partial charge in [0, 0.05) is 69.0 Å². The highest BCUT2D eigenvalue weighted by molar-refractivity contribution is 7.92. The molecule has 2 aromatic carbocycles. The summed E-state index contributed by atoms with van der Waals surface area (Å²) in [5.41, 5.74) is 4.69. The average molecular weight is 468 g/mol. The molecule has 0 N–H and O–H groups in total. The van der Waals surface area contributed by atoms with Crippen LogP contribution in [0.5, 0.6) is 0 Å². The number of benzene rings is 2. The molecule has 0 aliphatic carbocycles. The van der Waals surface area contributed by atoms with Crippen LogP contribution in [0.1, 0.15) is 37.4 Å². The van der Waals surface area contributed by atoms with Crippen molar-refractivity contribution in [1.29, 1.82) is 0 Å². The van der Waals surface area contributed by atoms with Crippen LogP contribution in [0.25, 0.3) is 10.9 Å². The van der Waals surface area contributed by atoms with Crippen molar-refractivity contribution in [3.8, 4) is 0 Å². The first-order valence-corrected chi connectivity index (χ1v) is 13.4. The molecular weight excluding hydrogens is 434 g/mol. The lowest BCUT2D eigenvalue weighted by Crippen LogP contribution is -2.42. The van der Waals surface area contributed by atoms with Gasteiger partial charge in [-0.2, -0.15) is 0 Å². The smallest absolute Gasteiger partial charge is 0.264 e. The molecule has 0 atom stereocenters. The monoisotopic (exact) mass is 467 g/mol. The van der Waals surface area contributed by atoms with Crippen LogP contribution in [0, 0.1) is 0 Å². The molecule has 3 aromatic rings. The number of aryl methyl sites for hydroxylation is 1. The fraction of sp³-hybridized carbons (Fsp3) is 0.462. The average Bonchev–Trinajstić information content (AvgIpc) is 3.17. The number of ether oxygens (including phenoxy) is 1. The van der Waals surface area contributed by atoms with Crippen LogP contribution in [0.15, 0.2) is 53.4 Å². The number of aromatic nitrogens is 1. The summed E-state index contributed by atoms with van der Waals surface area (Å²) in [4.78, 5) is 2.92. The van der Waals surface area contributed by atoms with Crippen molar-refractivity contribution >= 4 is 26.6 Å². The summed E-state index contributed by atoms with van der Waals surface area (Å²) in [6, 6.07) is 15.3. The van der Waals surface area contributed by atoms with E-state index in [1.807, 2.05) is 12.1 Å². The van der Waals surface area contributed by atoms with Crippen molar-refractivity contribution in [3.63, 3.8) is 0 Å². The van der Waals surface area contributed by atoms with E-state index in [0.717, 1.165) is 58.5 Å². The molecule has 0 saturated carbocycles. The molecular formula is C26H33N3O3S. The van der Waals surface area contributed by atoms with Crippen molar-refractivity contribution in [2.45, 2.75) is 56.6 Å². The van der Waals surface area contributed by atoms with E-state index in [-0.39, 0.29) is 0 Å².